The smallest absolute Gasteiger partial charge is 0.255 e. The molecule has 0 fully saturated rings. The molecule has 0 aliphatic heterocycles. The molecule has 2 rings (SSSR count). The Morgan fingerprint density at radius 1 is 1.25 bits per heavy atom. The molecule has 0 bridgehead atoms. The van der Waals surface area contributed by atoms with Crippen molar-refractivity contribution in [2.24, 2.45) is 5.14 Å². The van der Waals surface area contributed by atoms with Crippen LogP contribution in [-0.2, 0) is 10.0 Å². The topological polar surface area (TPSA) is 102 Å². The average molecular weight is 312 g/mol. The summed E-state index contributed by atoms with van der Waals surface area (Å²) < 4.78 is 22.8. The molecule has 0 aliphatic carbocycles. The van der Waals surface area contributed by atoms with Crippen LogP contribution in [0.1, 0.15) is 10.4 Å². The molecular formula is C12H10ClN3O3S. The maximum atomic E-state index is 12.0. The summed E-state index contributed by atoms with van der Waals surface area (Å²) in [6, 6.07) is 8.69. The summed E-state index contributed by atoms with van der Waals surface area (Å²) in [5, 5.41) is 7.73. The molecule has 3 N–H and O–H groups in total. The number of carbonyl (C=O) groups is 1. The molecule has 2 aromatic rings. The molecule has 0 aliphatic rings. The number of halogens is 1. The molecule has 1 heterocycles. The van der Waals surface area contributed by atoms with Crippen LogP contribution in [0.4, 0.5) is 5.69 Å². The van der Waals surface area contributed by atoms with Crippen LogP contribution in [0.2, 0.25) is 5.15 Å². The van der Waals surface area contributed by atoms with Crippen molar-refractivity contribution in [2.75, 3.05) is 5.32 Å². The van der Waals surface area contributed by atoms with Crippen molar-refractivity contribution in [2.45, 2.75) is 4.90 Å². The van der Waals surface area contributed by atoms with Crippen molar-refractivity contribution in [3.8, 4) is 0 Å². The molecule has 0 saturated carbocycles. The van der Waals surface area contributed by atoms with Crippen LogP contribution < -0.4 is 10.5 Å². The van der Waals surface area contributed by atoms with Gasteiger partial charge >= 0.3 is 0 Å². The van der Waals surface area contributed by atoms with E-state index in [1.165, 1.54) is 36.5 Å². The number of hydrogen-bond acceptors (Lipinski definition) is 4. The fraction of sp³-hybridized carbons (Fsp3) is 0. The fourth-order valence-corrected chi connectivity index (χ4v) is 2.42. The van der Waals surface area contributed by atoms with Crippen molar-refractivity contribution in [1.82, 2.24) is 4.98 Å². The van der Waals surface area contributed by atoms with Gasteiger partial charge in [0.15, 0.2) is 0 Å². The highest BCUT2D eigenvalue weighted by molar-refractivity contribution is 7.89. The Morgan fingerprint density at radius 3 is 2.60 bits per heavy atom. The second kappa shape index (κ2) is 5.58. The third kappa shape index (κ3) is 3.32. The van der Waals surface area contributed by atoms with E-state index in [4.69, 9.17) is 16.7 Å². The first-order chi connectivity index (χ1) is 9.38. The van der Waals surface area contributed by atoms with Crippen LogP contribution in [0.15, 0.2) is 47.5 Å². The largest absolute Gasteiger partial charge is 0.321 e. The minimum Gasteiger partial charge on any atom is -0.321 e. The van der Waals surface area contributed by atoms with E-state index in [9.17, 15) is 13.2 Å². The third-order valence-corrected chi connectivity index (χ3v) is 3.61. The zero-order valence-electron chi connectivity index (χ0n) is 10.1. The number of aromatic nitrogens is 1. The van der Waals surface area contributed by atoms with Crippen molar-refractivity contribution >= 4 is 33.2 Å². The number of rotatable bonds is 3. The summed E-state index contributed by atoms with van der Waals surface area (Å²) in [6.07, 6.45) is 1.38. The lowest BCUT2D eigenvalue weighted by molar-refractivity contribution is 0.102. The number of carbonyl (C=O) groups excluding carboxylic acids is 1. The van der Waals surface area contributed by atoms with Gasteiger partial charge in [-0.15, -0.1) is 0 Å². The van der Waals surface area contributed by atoms with Crippen molar-refractivity contribution in [3.05, 3.63) is 53.3 Å². The van der Waals surface area contributed by atoms with Crippen LogP contribution in [0.3, 0.4) is 0 Å². The monoisotopic (exact) mass is 311 g/mol. The van der Waals surface area contributed by atoms with Gasteiger partial charge in [0.25, 0.3) is 5.91 Å². The zero-order valence-corrected chi connectivity index (χ0v) is 11.6. The minimum absolute atomic E-state index is 0.105. The molecule has 0 spiro atoms. The quantitative estimate of drug-likeness (QED) is 0.841. The standard InChI is InChI=1S/C12H10ClN3O3S/c13-11-7-8(5-6-15-11)12(17)16-9-3-1-2-4-10(9)20(14,18)19/h1-7H,(H,16,17)(H2,14,18,19). The summed E-state index contributed by atoms with van der Waals surface area (Å²) in [4.78, 5) is 15.6. The van der Waals surface area contributed by atoms with Crippen LogP contribution >= 0.6 is 11.6 Å². The summed E-state index contributed by atoms with van der Waals surface area (Å²) in [7, 11) is -3.92. The first-order valence-electron chi connectivity index (χ1n) is 5.42. The zero-order chi connectivity index (χ0) is 14.8. The van der Waals surface area contributed by atoms with Gasteiger partial charge in [-0.1, -0.05) is 23.7 Å². The predicted molar refractivity (Wildman–Crippen MR) is 75.0 cm³/mol. The molecule has 104 valence electrons. The maximum Gasteiger partial charge on any atom is 0.255 e. The molecule has 1 aromatic heterocycles. The highest BCUT2D eigenvalue weighted by Crippen LogP contribution is 2.20. The molecule has 20 heavy (non-hydrogen) atoms. The number of amides is 1. The number of sulfonamides is 1. The lowest BCUT2D eigenvalue weighted by Gasteiger charge is -2.09. The maximum absolute atomic E-state index is 12.0. The molecule has 0 unspecified atom stereocenters. The number of nitrogens with two attached hydrogens (primary N) is 1. The van der Waals surface area contributed by atoms with E-state index < -0.39 is 15.9 Å². The summed E-state index contributed by atoms with van der Waals surface area (Å²) in [5.41, 5.74) is 0.363. The van der Waals surface area contributed by atoms with Gasteiger partial charge in [-0.2, -0.15) is 0 Å². The van der Waals surface area contributed by atoms with Crippen LogP contribution in [0.25, 0.3) is 0 Å². The lowest BCUT2D eigenvalue weighted by atomic mass is 10.2. The predicted octanol–water partition coefficient (Wildman–Crippen LogP) is 1.63. The van der Waals surface area contributed by atoms with Crippen molar-refractivity contribution < 1.29 is 13.2 Å². The van der Waals surface area contributed by atoms with E-state index >= 15 is 0 Å². The second-order valence-electron chi connectivity index (χ2n) is 3.86. The SMILES string of the molecule is NS(=O)(=O)c1ccccc1NC(=O)c1ccnc(Cl)c1. The van der Waals surface area contributed by atoms with E-state index in [1.54, 1.807) is 6.07 Å². The Hall–Kier alpha value is -1.96. The molecule has 8 heteroatoms. The van der Waals surface area contributed by atoms with E-state index in [0.29, 0.717) is 0 Å². The number of nitrogens with one attached hydrogen (secondary N) is 1. The van der Waals surface area contributed by atoms with Gasteiger partial charge in [-0.05, 0) is 24.3 Å². The Bertz CT molecular complexity index is 762. The lowest BCUT2D eigenvalue weighted by Crippen LogP contribution is -2.18. The van der Waals surface area contributed by atoms with Crippen molar-refractivity contribution in [3.63, 3.8) is 0 Å². The van der Waals surface area contributed by atoms with Crippen LogP contribution in [0, 0.1) is 0 Å². The summed E-state index contributed by atoms with van der Waals surface area (Å²) in [5.74, 6) is -0.509. The van der Waals surface area contributed by atoms with Gasteiger partial charge in [-0.25, -0.2) is 18.5 Å². The second-order valence-corrected chi connectivity index (χ2v) is 5.78. The summed E-state index contributed by atoms with van der Waals surface area (Å²) in [6.45, 7) is 0. The highest BCUT2D eigenvalue weighted by Gasteiger charge is 2.15. The molecule has 0 atom stereocenters. The van der Waals surface area contributed by atoms with Gasteiger partial charge in [-0.3, -0.25) is 4.79 Å². The Balaban J connectivity index is 2.34. The van der Waals surface area contributed by atoms with Crippen molar-refractivity contribution in [1.29, 1.82) is 0 Å². The molecule has 6 nitrogen and oxygen atoms in total. The number of primary sulfonamides is 1. The normalized spacial score (nSPS) is 11.1. The first kappa shape index (κ1) is 14.4. The molecular weight excluding hydrogens is 302 g/mol. The van der Waals surface area contributed by atoms with Gasteiger partial charge in [0, 0.05) is 11.8 Å². The van der Waals surface area contributed by atoms with E-state index in [1.807, 2.05) is 0 Å². The van der Waals surface area contributed by atoms with Crippen LogP contribution in [-0.4, -0.2) is 19.3 Å². The Kier molecular flexibility index (Phi) is 4.03. The molecule has 0 saturated heterocycles. The third-order valence-electron chi connectivity index (χ3n) is 2.43. The highest BCUT2D eigenvalue weighted by atomic mass is 35.5. The fourth-order valence-electron chi connectivity index (χ4n) is 1.56. The van der Waals surface area contributed by atoms with Gasteiger partial charge in [0.1, 0.15) is 10.0 Å². The minimum atomic E-state index is -3.92. The first-order valence-corrected chi connectivity index (χ1v) is 7.35. The number of para-hydroxylation sites is 1. The van der Waals surface area contributed by atoms with Gasteiger partial charge in [0.2, 0.25) is 10.0 Å². The molecule has 1 amide bonds. The number of nitrogens with zero attached hydrogens (tertiary/aromatic N) is 1. The Labute approximate surface area is 120 Å². The molecule has 0 radical (unpaired) electrons. The number of pyridine rings is 1. The van der Waals surface area contributed by atoms with E-state index in [2.05, 4.69) is 10.3 Å². The van der Waals surface area contributed by atoms with E-state index in [-0.39, 0.29) is 21.3 Å². The average Bonchev–Trinajstić information content (AvgIpc) is 2.38. The number of benzene rings is 1. The van der Waals surface area contributed by atoms with Crippen LogP contribution in [0.5, 0.6) is 0 Å². The van der Waals surface area contributed by atoms with Gasteiger partial charge in [0.05, 0.1) is 5.69 Å². The Morgan fingerprint density at radius 2 is 1.95 bits per heavy atom. The van der Waals surface area contributed by atoms with Gasteiger partial charge < -0.3 is 5.32 Å². The number of anilines is 1. The number of hydrogen-bond donors (Lipinski definition) is 2. The molecule has 1 aromatic carbocycles. The van der Waals surface area contributed by atoms with E-state index in [0.717, 1.165) is 0 Å². The summed E-state index contributed by atoms with van der Waals surface area (Å²) >= 11 is 5.69.